The summed E-state index contributed by atoms with van der Waals surface area (Å²) < 4.78 is 0. The van der Waals surface area contributed by atoms with Crippen LogP contribution in [0.5, 0.6) is 0 Å². The van der Waals surface area contributed by atoms with Crippen LogP contribution in [-0.2, 0) is 11.2 Å². The summed E-state index contributed by atoms with van der Waals surface area (Å²) in [6.45, 7) is 1.61. The first-order valence-electron chi connectivity index (χ1n) is 5.38. The Bertz CT molecular complexity index is 342. The van der Waals surface area contributed by atoms with Crippen molar-refractivity contribution in [1.29, 1.82) is 0 Å². The molecule has 0 bridgehead atoms. The molecule has 0 unspecified atom stereocenters. The van der Waals surface area contributed by atoms with Crippen LogP contribution in [0.4, 0.5) is 0 Å². The molecule has 0 aliphatic carbocycles. The number of nitrogens with one attached hydrogen (secondary N) is 2. The van der Waals surface area contributed by atoms with Gasteiger partial charge in [-0.1, -0.05) is 29.8 Å². The number of carbonyl (C=O) groups is 1. The summed E-state index contributed by atoms with van der Waals surface area (Å²) in [5.74, 6) is 0.0178. The van der Waals surface area contributed by atoms with Gasteiger partial charge in [0.2, 0.25) is 5.91 Å². The molecule has 4 heteroatoms. The van der Waals surface area contributed by atoms with Gasteiger partial charge in [-0.05, 0) is 31.6 Å². The van der Waals surface area contributed by atoms with Crippen molar-refractivity contribution in [3.63, 3.8) is 0 Å². The molecule has 0 saturated carbocycles. The van der Waals surface area contributed by atoms with E-state index >= 15 is 0 Å². The summed E-state index contributed by atoms with van der Waals surface area (Å²) in [5.41, 5.74) is 0.871. The van der Waals surface area contributed by atoms with E-state index in [0.717, 1.165) is 18.5 Å². The Morgan fingerprint density at radius 2 is 2.06 bits per heavy atom. The number of hydrogen-bond donors (Lipinski definition) is 2. The van der Waals surface area contributed by atoms with Gasteiger partial charge in [-0.2, -0.15) is 0 Å². The van der Waals surface area contributed by atoms with E-state index in [1.807, 2.05) is 25.2 Å². The second-order valence-corrected chi connectivity index (χ2v) is 3.98. The molecule has 0 saturated heterocycles. The van der Waals surface area contributed by atoms with E-state index in [1.165, 1.54) is 0 Å². The van der Waals surface area contributed by atoms with Gasteiger partial charge >= 0.3 is 0 Å². The maximum Gasteiger partial charge on any atom is 0.224 e. The minimum absolute atomic E-state index is 0.0178. The lowest BCUT2D eigenvalue weighted by atomic mass is 10.1. The molecule has 16 heavy (non-hydrogen) atoms. The Hall–Kier alpha value is -1.06. The highest BCUT2D eigenvalue weighted by atomic mass is 35.5. The molecule has 1 aromatic carbocycles. The van der Waals surface area contributed by atoms with Gasteiger partial charge in [0.1, 0.15) is 0 Å². The maximum atomic E-state index is 11.5. The van der Waals surface area contributed by atoms with Crippen LogP contribution in [0.15, 0.2) is 24.3 Å². The molecule has 0 spiro atoms. The molecular weight excluding hydrogens is 224 g/mol. The highest BCUT2D eigenvalue weighted by Crippen LogP contribution is 2.14. The van der Waals surface area contributed by atoms with E-state index in [0.29, 0.717) is 18.0 Å². The third-order valence-electron chi connectivity index (χ3n) is 2.23. The van der Waals surface area contributed by atoms with Gasteiger partial charge in [-0.3, -0.25) is 4.79 Å². The summed E-state index contributed by atoms with van der Waals surface area (Å²) in [5, 5.41) is 6.53. The quantitative estimate of drug-likeness (QED) is 0.742. The van der Waals surface area contributed by atoms with Crippen LogP contribution >= 0.6 is 11.6 Å². The summed E-state index contributed by atoms with van der Waals surface area (Å²) in [4.78, 5) is 11.5. The van der Waals surface area contributed by atoms with Gasteiger partial charge in [0, 0.05) is 11.6 Å². The maximum absolute atomic E-state index is 11.5. The standard InChI is InChI=1S/C12H17ClN2O/c1-14-7-4-8-15-12(16)9-10-5-2-3-6-11(10)13/h2-3,5-6,14H,4,7-9H2,1H3,(H,15,16). The van der Waals surface area contributed by atoms with Crippen molar-refractivity contribution >= 4 is 17.5 Å². The predicted octanol–water partition coefficient (Wildman–Crippen LogP) is 1.61. The van der Waals surface area contributed by atoms with E-state index in [1.54, 1.807) is 6.07 Å². The minimum atomic E-state index is 0.0178. The van der Waals surface area contributed by atoms with Crippen molar-refractivity contribution in [2.45, 2.75) is 12.8 Å². The smallest absolute Gasteiger partial charge is 0.224 e. The van der Waals surface area contributed by atoms with Crippen molar-refractivity contribution < 1.29 is 4.79 Å². The number of amides is 1. The zero-order chi connectivity index (χ0) is 11.8. The van der Waals surface area contributed by atoms with Crippen LogP contribution in [0.3, 0.4) is 0 Å². The van der Waals surface area contributed by atoms with Crippen LogP contribution in [0.1, 0.15) is 12.0 Å². The molecular formula is C12H17ClN2O. The summed E-state index contributed by atoms with van der Waals surface area (Å²) >= 11 is 5.96. The first kappa shape index (κ1) is 13.0. The van der Waals surface area contributed by atoms with Crippen molar-refractivity contribution in [3.05, 3.63) is 34.9 Å². The van der Waals surface area contributed by atoms with Gasteiger partial charge in [-0.15, -0.1) is 0 Å². The lowest BCUT2D eigenvalue weighted by Crippen LogP contribution is -2.28. The molecule has 88 valence electrons. The Morgan fingerprint density at radius 3 is 2.75 bits per heavy atom. The lowest BCUT2D eigenvalue weighted by Gasteiger charge is -2.06. The fraction of sp³-hybridized carbons (Fsp3) is 0.417. The zero-order valence-electron chi connectivity index (χ0n) is 9.42. The Morgan fingerprint density at radius 1 is 1.31 bits per heavy atom. The summed E-state index contributed by atoms with van der Waals surface area (Å²) in [7, 11) is 1.89. The number of hydrogen-bond acceptors (Lipinski definition) is 2. The zero-order valence-corrected chi connectivity index (χ0v) is 10.2. The molecule has 1 aromatic rings. The lowest BCUT2D eigenvalue weighted by molar-refractivity contribution is -0.120. The minimum Gasteiger partial charge on any atom is -0.356 e. The fourth-order valence-electron chi connectivity index (χ4n) is 1.37. The number of halogens is 1. The van der Waals surface area contributed by atoms with E-state index in [2.05, 4.69) is 10.6 Å². The molecule has 0 heterocycles. The topological polar surface area (TPSA) is 41.1 Å². The third kappa shape index (κ3) is 4.64. The van der Waals surface area contributed by atoms with Crippen LogP contribution in [0.25, 0.3) is 0 Å². The number of benzene rings is 1. The average Bonchev–Trinajstić information content (AvgIpc) is 2.28. The highest BCUT2D eigenvalue weighted by Gasteiger charge is 2.05. The largest absolute Gasteiger partial charge is 0.356 e. The van der Waals surface area contributed by atoms with Crippen LogP contribution in [0.2, 0.25) is 5.02 Å². The van der Waals surface area contributed by atoms with Crippen LogP contribution < -0.4 is 10.6 Å². The molecule has 3 nitrogen and oxygen atoms in total. The molecule has 0 aliphatic rings. The molecule has 0 atom stereocenters. The van der Waals surface area contributed by atoms with Crippen LogP contribution in [0, 0.1) is 0 Å². The number of carbonyl (C=O) groups excluding carboxylic acids is 1. The normalized spacial score (nSPS) is 10.1. The summed E-state index contributed by atoms with van der Waals surface area (Å²) in [6.07, 6.45) is 1.28. The monoisotopic (exact) mass is 240 g/mol. The number of rotatable bonds is 6. The molecule has 0 aromatic heterocycles. The van der Waals surface area contributed by atoms with E-state index < -0.39 is 0 Å². The van der Waals surface area contributed by atoms with Crippen molar-refractivity contribution in [2.75, 3.05) is 20.1 Å². The van der Waals surface area contributed by atoms with Crippen LogP contribution in [-0.4, -0.2) is 26.0 Å². The molecule has 0 fully saturated rings. The summed E-state index contributed by atoms with van der Waals surface area (Å²) in [6, 6.07) is 7.41. The molecule has 2 N–H and O–H groups in total. The Labute approximate surface area is 101 Å². The molecule has 0 radical (unpaired) electrons. The van der Waals surface area contributed by atoms with E-state index in [4.69, 9.17) is 11.6 Å². The van der Waals surface area contributed by atoms with Crippen molar-refractivity contribution in [2.24, 2.45) is 0 Å². The molecule has 0 aliphatic heterocycles. The van der Waals surface area contributed by atoms with Crippen molar-refractivity contribution in [1.82, 2.24) is 10.6 Å². The predicted molar refractivity (Wildman–Crippen MR) is 66.7 cm³/mol. The first-order valence-corrected chi connectivity index (χ1v) is 5.76. The van der Waals surface area contributed by atoms with E-state index in [9.17, 15) is 4.79 Å². The first-order chi connectivity index (χ1) is 7.74. The Balaban J connectivity index is 2.32. The second-order valence-electron chi connectivity index (χ2n) is 3.58. The third-order valence-corrected chi connectivity index (χ3v) is 2.60. The van der Waals surface area contributed by atoms with Crippen molar-refractivity contribution in [3.8, 4) is 0 Å². The Kier molecular flexibility index (Phi) is 5.90. The van der Waals surface area contributed by atoms with Gasteiger partial charge in [0.25, 0.3) is 0 Å². The van der Waals surface area contributed by atoms with Gasteiger partial charge < -0.3 is 10.6 Å². The average molecular weight is 241 g/mol. The van der Waals surface area contributed by atoms with E-state index in [-0.39, 0.29) is 5.91 Å². The highest BCUT2D eigenvalue weighted by molar-refractivity contribution is 6.31. The second kappa shape index (κ2) is 7.25. The fourth-order valence-corrected chi connectivity index (χ4v) is 1.57. The molecule has 1 amide bonds. The van der Waals surface area contributed by atoms with Gasteiger partial charge in [0.15, 0.2) is 0 Å². The SMILES string of the molecule is CNCCCNC(=O)Cc1ccccc1Cl. The molecule has 1 rings (SSSR count). The van der Waals surface area contributed by atoms with Gasteiger partial charge in [0.05, 0.1) is 6.42 Å². The van der Waals surface area contributed by atoms with Gasteiger partial charge in [-0.25, -0.2) is 0 Å².